The molecule has 0 saturated heterocycles. The normalized spacial score (nSPS) is 12.0. The van der Waals surface area contributed by atoms with Crippen molar-refractivity contribution in [2.75, 3.05) is 25.6 Å². The Bertz CT molecular complexity index is 1250. The molecule has 0 radical (unpaired) electrons. The molecule has 178 valence electrons. The fraction of sp³-hybridized carbons (Fsp3) is 0.148. The summed E-state index contributed by atoms with van der Waals surface area (Å²) in [5.41, 5.74) is 4.79. The van der Waals surface area contributed by atoms with Crippen molar-refractivity contribution in [3.05, 3.63) is 95.6 Å². The minimum atomic E-state index is -1.12. The van der Waals surface area contributed by atoms with Crippen LogP contribution in [0.3, 0.4) is 0 Å². The van der Waals surface area contributed by atoms with Crippen LogP contribution in [0.15, 0.2) is 78.9 Å². The van der Waals surface area contributed by atoms with Crippen molar-refractivity contribution in [2.45, 2.75) is 5.92 Å². The van der Waals surface area contributed by atoms with E-state index in [4.69, 9.17) is 14.6 Å². The highest BCUT2D eigenvalue weighted by atomic mass is 16.5. The molecule has 4 rings (SSSR count). The van der Waals surface area contributed by atoms with Gasteiger partial charge in [-0.15, -0.1) is 0 Å². The highest BCUT2D eigenvalue weighted by Crippen LogP contribution is 2.44. The van der Waals surface area contributed by atoms with Gasteiger partial charge in [-0.25, -0.2) is 9.59 Å². The maximum Gasteiger partial charge on any atom is 0.407 e. The summed E-state index contributed by atoms with van der Waals surface area (Å²) in [6, 6.07) is 20.3. The lowest BCUT2D eigenvalue weighted by molar-refractivity contribution is -0.111. The molecule has 0 fully saturated rings. The first-order valence-corrected chi connectivity index (χ1v) is 11.0. The number of hydrogen-bond acceptors (Lipinski definition) is 5. The Morgan fingerprint density at radius 2 is 1.63 bits per heavy atom. The van der Waals surface area contributed by atoms with Crippen molar-refractivity contribution in [1.29, 1.82) is 0 Å². The number of carboxylic acids is 1. The van der Waals surface area contributed by atoms with Gasteiger partial charge in [0.1, 0.15) is 12.4 Å². The topological polar surface area (TPSA) is 114 Å². The van der Waals surface area contributed by atoms with Crippen molar-refractivity contribution in [2.24, 2.45) is 0 Å². The molecule has 2 amide bonds. The Kier molecular flexibility index (Phi) is 7.11. The zero-order valence-electron chi connectivity index (χ0n) is 19.0. The molecule has 8 nitrogen and oxygen atoms in total. The number of anilines is 1. The smallest absolute Gasteiger partial charge is 0.407 e. The van der Waals surface area contributed by atoms with Crippen LogP contribution in [0.4, 0.5) is 10.5 Å². The van der Waals surface area contributed by atoms with Crippen LogP contribution in [0.2, 0.25) is 0 Å². The zero-order valence-corrected chi connectivity index (χ0v) is 19.0. The number of benzene rings is 3. The van der Waals surface area contributed by atoms with Gasteiger partial charge in [0.05, 0.1) is 18.4 Å². The van der Waals surface area contributed by atoms with E-state index in [2.05, 4.69) is 22.8 Å². The van der Waals surface area contributed by atoms with Gasteiger partial charge in [-0.1, -0.05) is 54.6 Å². The predicted octanol–water partition coefficient (Wildman–Crippen LogP) is 4.43. The molecule has 0 atom stereocenters. The van der Waals surface area contributed by atoms with E-state index >= 15 is 0 Å². The Morgan fingerprint density at radius 1 is 0.971 bits per heavy atom. The van der Waals surface area contributed by atoms with Crippen molar-refractivity contribution >= 4 is 23.7 Å². The van der Waals surface area contributed by atoms with Gasteiger partial charge in [0.25, 0.3) is 0 Å². The van der Waals surface area contributed by atoms with E-state index in [1.165, 1.54) is 37.5 Å². The molecule has 0 aromatic heterocycles. The van der Waals surface area contributed by atoms with Crippen LogP contribution in [0.1, 0.15) is 27.4 Å². The number of ether oxygens (including phenoxy) is 2. The number of nitrogens with one attached hydrogen (secondary N) is 2. The van der Waals surface area contributed by atoms with Crippen LogP contribution in [-0.4, -0.2) is 43.3 Å². The fourth-order valence-electron chi connectivity index (χ4n) is 4.07. The number of carbonyl (C=O) groups is 3. The quantitative estimate of drug-likeness (QED) is 0.418. The Hall–Kier alpha value is -4.59. The molecule has 3 aromatic carbocycles. The first-order valence-electron chi connectivity index (χ1n) is 11.0. The second-order valence-electron chi connectivity index (χ2n) is 7.82. The molecule has 3 aromatic rings. The molecule has 0 unspecified atom stereocenters. The summed E-state index contributed by atoms with van der Waals surface area (Å²) in [7, 11) is 1.42. The number of fused-ring (bicyclic) bond motifs is 3. The van der Waals surface area contributed by atoms with Crippen molar-refractivity contribution in [1.82, 2.24) is 5.32 Å². The van der Waals surface area contributed by atoms with Crippen LogP contribution >= 0.6 is 0 Å². The van der Waals surface area contributed by atoms with Gasteiger partial charge in [0, 0.05) is 18.5 Å². The average molecular weight is 472 g/mol. The second-order valence-corrected chi connectivity index (χ2v) is 7.82. The largest absolute Gasteiger partial charge is 0.495 e. The van der Waals surface area contributed by atoms with Crippen LogP contribution in [0.25, 0.3) is 11.1 Å². The molecule has 8 heteroatoms. The molecule has 0 saturated carbocycles. The molecular formula is C27H24N2O6. The van der Waals surface area contributed by atoms with E-state index in [0.717, 1.165) is 22.3 Å². The summed E-state index contributed by atoms with van der Waals surface area (Å²) in [6.45, 7) is 0.278. The fourth-order valence-corrected chi connectivity index (χ4v) is 4.07. The zero-order chi connectivity index (χ0) is 24.8. The van der Waals surface area contributed by atoms with Gasteiger partial charge in [-0.05, 0) is 40.5 Å². The standard InChI is InChI=1S/C27H24N2O6/c1-34-24-13-12-17(26(31)32)15-23(24)29-25(30)11-6-14-28-27(33)35-16-22-20-9-4-2-7-18(20)19-8-3-5-10-21(19)22/h2-13,15,22H,14,16H2,1H3,(H,28,33)(H,29,30)(H,31,32)/b11-6+. The van der Waals surface area contributed by atoms with Crippen LogP contribution < -0.4 is 15.4 Å². The first kappa shape index (κ1) is 23.6. The van der Waals surface area contributed by atoms with E-state index in [0.29, 0.717) is 5.75 Å². The highest BCUT2D eigenvalue weighted by Gasteiger charge is 2.28. The lowest BCUT2D eigenvalue weighted by Crippen LogP contribution is -2.26. The lowest BCUT2D eigenvalue weighted by Gasteiger charge is -2.14. The number of rotatable bonds is 8. The maximum absolute atomic E-state index is 12.2. The van der Waals surface area contributed by atoms with E-state index in [1.54, 1.807) is 0 Å². The van der Waals surface area contributed by atoms with Crippen LogP contribution in [0.5, 0.6) is 5.75 Å². The van der Waals surface area contributed by atoms with Gasteiger partial charge >= 0.3 is 12.1 Å². The van der Waals surface area contributed by atoms with Crippen molar-refractivity contribution < 1.29 is 29.0 Å². The third-order valence-corrected chi connectivity index (χ3v) is 5.68. The number of carbonyl (C=O) groups excluding carboxylic acids is 2. The van der Waals surface area contributed by atoms with E-state index in [1.807, 2.05) is 36.4 Å². The summed E-state index contributed by atoms with van der Waals surface area (Å²) in [4.78, 5) is 35.6. The van der Waals surface area contributed by atoms with Gasteiger partial charge < -0.3 is 25.2 Å². The Balaban J connectivity index is 1.28. The maximum atomic E-state index is 12.2. The van der Waals surface area contributed by atoms with E-state index in [9.17, 15) is 14.4 Å². The number of aromatic carboxylic acids is 1. The lowest BCUT2D eigenvalue weighted by atomic mass is 9.98. The van der Waals surface area contributed by atoms with E-state index < -0.39 is 18.0 Å². The number of amides is 2. The third-order valence-electron chi connectivity index (χ3n) is 5.68. The van der Waals surface area contributed by atoms with E-state index in [-0.39, 0.29) is 30.3 Å². The molecular weight excluding hydrogens is 448 g/mol. The molecule has 0 heterocycles. The number of carboxylic acid groups (broad SMARTS) is 1. The summed E-state index contributed by atoms with van der Waals surface area (Å²) in [6.07, 6.45) is 2.11. The summed E-state index contributed by atoms with van der Waals surface area (Å²) in [5.74, 6) is -1.33. The van der Waals surface area contributed by atoms with Crippen molar-refractivity contribution in [3.8, 4) is 16.9 Å². The number of hydrogen-bond donors (Lipinski definition) is 3. The Morgan fingerprint density at radius 3 is 2.26 bits per heavy atom. The van der Waals surface area contributed by atoms with Gasteiger partial charge in [-0.2, -0.15) is 0 Å². The average Bonchev–Trinajstić information content (AvgIpc) is 3.19. The molecule has 1 aliphatic carbocycles. The molecule has 0 bridgehead atoms. The minimum absolute atomic E-state index is 0.0157. The molecule has 0 spiro atoms. The predicted molar refractivity (Wildman–Crippen MR) is 131 cm³/mol. The van der Waals surface area contributed by atoms with Crippen LogP contribution in [0, 0.1) is 0 Å². The summed E-state index contributed by atoms with van der Waals surface area (Å²) in [5, 5.41) is 14.3. The molecule has 0 aliphatic heterocycles. The van der Waals surface area contributed by atoms with Crippen LogP contribution in [-0.2, 0) is 9.53 Å². The molecule has 3 N–H and O–H groups in total. The minimum Gasteiger partial charge on any atom is -0.495 e. The third kappa shape index (κ3) is 5.33. The summed E-state index contributed by atoms with van der Waals surface area (Å²) < 4.78 is 10.6. The summed E-state index contributed by atoms with van der Waals surface area (Å²) >= 11 is 0. The monoisotopic (exact) mass is 472 g/mol. The van der Waals surface area contributed by atoms with Crippen molar-refractivity contribution in [3.63, 3.8) is 0 Å². The van der Waals surface area contributed by atoms with Gasteiger partial charge in [0.2, 0.25) is 5.91 Å². The SMILES string of the molecule is COc1ccc(C(=O)O)cc1NC(=O)/C=C/CNC(=O)OCC1c2ccccc2-c2ccccc21. The molecule has 35 heavy (non-hydrogen) atoms. The molecule has 1 aliphatic rings. The number of methoxy groups -OCH3 is 1. The first-order chi connectivity index (χ1) is 17.0. The second kappa shape index (κ2) is 10.6. The highest BCUT2D eigenvalue weighted by molar-refractivity contribution is 6.01. The Labute approximate surface area is 202 Å². The number of alkyl carbamates (subject to hydrolysis) is 1. The van der Waals surface area contributed by atoms with Gasteiger partial charge in [-0.3, -0.25) is 4.79 Å². The van der Waals surface area contributed by atoms with Gasteiger partial charge in [0.15, 0.2) is 0 Å².